The van der Waals surface area contributed by atoms with Gasteiger partial charge in [0.15, 0.2) is 0 Å². The number of fused-ring (bicyclic) bond motifs is 1. The summed E-state index contributed by atoms with van der Waals surface area (Å²) in [4.78, 5) is 0. The van der Waals surface area contributed by atoms with Crippen molar-refractivity contribution in [3.63, 3.8) is 0 Å². The van der Waals surface area contributed by atoms with Crippen LogP contribution in [0.15, 0.2) is 91.0 Å². The minimum Gasteiger partial charge on any atom is -0.487 e. The summed E-state index contributed by atoms with van der Waals surface area (Å²) in [7, 11) is -0.467. The van der Waals surface area contributed by atoms with Gasteiger partial charge in [-0.15, -0.1) is 12.4 Å². The standard InChI is InChI=1S/C19H17P.C14H20O.ClH/c1-16-10-8-9-15-19(16)20(17-11-4-2-5-12-17)18-13-6-3-7-14-18;1-9-8-10(2)12-6-7-14(4,5)15-13(12)11(9)3;/h2-15H,1H3;8H,6-7H2,1-5H3;1H. The van der Waals surface area contributed by atoms with Crippen molar-refractivity contribution >= 4 is 36.2 Å². The second kappa shape index (κ2) is 12.1. The fourth-order valence-corrected chi connectivity index (χ4v) is 7.16. The molecule has 1 nitrogen and oxygen atoms in total. The van der Waals surface area contributed by atoms with Crippen LogP contribution in [0.5, 0.6) is 5.75 Å². The van der Waals surface area contributed by atoms with Gasteiger partial charge in [0.1, 0.15) is 11.4 Å². The Bertz CT molecular complexity index is 1240. The van der Waals surface area contributed by atoms with E-state index in [1.807, 2.05) is 0 Å². The van der Waals surface area contributed by atoms with Gasteiger partial charge in [0.2, 0.25) is 0 Å². The number of hydrogen-bond acceptors (Lipinski definition) is 1. The lowest BCUT2D eigenvalue weighted by atomic mass is 9.89. The Labute approximate surface area is 225 Å². The van der Waals surface area contributed by atoms with Crippen molar-refractivity contribution in [2.45, 2.75) is 60.0 Å². The van der Waals surface area contributed by atoms with E-state index in [-0.39, 0.29) is 18.0 Å². The van der Waals surface area contributed by atoms with Crippen molar-refractivity contribution in [2.75, 3.05) is 0 Å². The SMILES string of the molecule is Cc1cc(C)c2c(c1C)OC(C)(C)CC2.Cc1ccccc1P(c1ccccc1)c1ccccc1.Cl. The summed E-state index contributed by atoms with van der Waals surface area (Å²) in [6.07, 6.45) is 2.26. The van der Waals surface area contributed by atoms with Crippen molar-refractivity contribution in [3.8, 4) is 5.75 Å². The maximum absolute atomic E-state index is 6.11. The number of ether oxygens (including phenoxy) is 1. The molecule has 0 fully saturated rings. The smallest absolute Gasteiger partial charge is 0.126 e. The number of hydrogen-bond donors (Lipinski definition) is 0. The van der Waals surface area contributed by atoms with Crippen LogP contribution in [-0.2, 0) is 6.42 Å². The first-order valence-corrected chi connectivity index (χ1v) is 13.9. The van der Waals surface area contributed by atoms with E-state index in [0.717, 1.165) is 18.6 Å². The Morgan fingerprint density at radius 1 is 0.667 bits per heavy atom. The van der Waals surface area contributed by atoms with Crippen molar-refractivity contribution in [1.82, 2.24) is 0 Å². The highest BCUT2D eigenvalue weighted by Gasteiger charge is 2.29. The van der Waals surface area contributed by atoms with E-state index >= 15 is 0 Å². The van der Waals surface area contributed by atoms with Gasteiger partial charge < -0.3 is 4.74 Å². The normalized spacial score (nSPS) is 13.5. The van der Waals surface area contributed by atoms with Gasteiger partial charge in [-0.25, -0.2) is 0 Å². The average molecular weight is 517 g/mol. The molecule has 0 saturated heterocycles. The molecule has 0 saturated carbocycles. The second-order valence-electron chi connectivity index (χ2n) is 10.1. The van der Waals surface area contributed by atoms with Gasteiger partial charge in [0.05, 0.1) is 0 Å². The van der Waals surface area contributed by atoms with Crippen molar-refractivity contribution in [2.24, 2.45) is 0 Å². The molecule has 1 aliphatic rings. The summed E-state index contributed by atoms with van der Waals surface area (Å²) in [5.41, 5.74) is 6.80. The zero-order valence-corrected chi connectivity index (χ0v) is 24.0. The van der Waals surface area contributed by atoms with Gasteiger partial charge >= 0.3 is 0 Å². The lowest BCUT2D eigenvalue weighted by Crippen LogP contribution is -2.33. The molecule has 0 unspecified atom stereocenters. The molecule has 0 bridgehead atoms. The van der Waals surface area contributed by atoms with Crippen LogP contribution >= 0.6 is 20.3 Å². The molecular weight excluding hydrogens is 479 g/mol. The van der Waals surface area contributed by atoms with Gasteiger partial charge in [0, 0.05) is 0 Å². The molecule has 0 aromatic heterocycles. The van der Waals surface area contributed by atoms with E-state index in [4.69, 9.17) is 4.74 Å². The van der Waals surface area contributed by atoms with Crippen LogP contribution in [0.4, 0.5) is 0 Å². The molecule has 0 spiro atoms. The number of benzene rings is 4. The molecule has 1 heterocycles. The van der Waals surface area contributed by atoms with E-state index in [0.29, 0.717) is 0 Å². The lowest BCUT2D eigenvalue weighted by Gasteiger charge is -2.34. The Morgan fingerprint density at radius 3 is 1.75 bits per heavy atom. The highest BCUT2D eigenvalue weighted by molar-refractivity contribution is 7.79. The molecule has 0 N–H and O–H groups in total. The number of rotatable bonds is 3. The summed E-state index contributed by atoms with van der Waals surface area (Å²) in [5.74, 6) is 1.14. The molecule has 3 heteroatoms. The van der Waals surface area contributed by atoms with Crippen LogP contribution < -0.4 is 20.7 Å². The second-order valence-corrected chi connectivity index (χ2v) is 12.3. The third-order valence-corrected chi connectivity index (χ3v) is 9.47. The van der Waals surface area contributed by atoms with Gasteiger partial charge in [-0.1, -0.05) is 91.0 Å². The van der Waals surface area contributed by atoms with Crippen LogP contribution in [0.25, 0.3) is 0 Å². The minimum atomic E-state index is -0.467. The summed E-state index contributed by atoms with van der Waals surface area (Å²) in [6, 6.07) is 32.7. The molecule has 0 aliphatic carbocycles. The average Bonchev–Trinajstić information content (AvgIpc) is 2.85. The van der Waals surface area contributed by atoms with Crippen LogP contribution in [0.2, 0.25) is 0 Å². The van der Waals surface area contributed by atoms with Crippen LogP contribution in [0.3, 0.4) is 0 Å². The van der Waals surface area contributed by atoms with Crippen molar-refractivity contribution in [3.05, 3.63) is 119 Å². The van der Waals surface area contributed by atoms with E-state index in [9.17, 15) is 0 Å². The Morgan fingerprint density at radius 2 is 1.19 bits per heavy atom. The summed E-state index contributed by atoms with van der Waals surface area (Å²) in [6.45, 7) is 13.1. The Hall–Kier alpha value is -2.60. The molecule has 1 aliphatic heterocycles. The molecule has 0 radical (unpaired) electrons. The molecule has 36 heavy (non-hydrogen) atoms. The van der Waals surface area contributed by atoms with E-state index < -0.39 is 7.92 Å². The predicted molar refractivity (Wildman–Crippen MR) is 161 cm³/mol. The molecule has 4 aromatic rings. The fourth-order valence-electron chi connectivity index (χ4n) is 4.70. The third-order valence-electron chi connectivity index (χ3n) is 6.86. The van der Waals surface area contributed by atoms with E-state index in [1.165, 1.54) is 43.7 Å². The largest absolute Gasteiger partial charge is 0.487 e. The van der Waals surface area contributed by atoms with Gasteiger partial charge in [-0.05, 0) is 106 Å². The molecule has 4 aromatic carbocycles. The summed E-state index contributed by atoms with van der Waals surface area (Å²) < 4.78 is 6.11. The quantitative estimate of drug-likeness (QED) is 0.251. The molecule has 5 rings (SSSR count). The van der Waals surface area contributed by atoms with Crippen LogP contribution in [0, 0.1) is 27.7 Å². The molecule has 188 valence electrons. The number of aryl methyl sites for hydroxylation is 3. The first kappa shape index (κ1) is 28.0. The van der Waals surface area contributed by atoms with Gasteiger partial charge in [-0.3, -0.25) is 0 Å². The van der Waals surface area contributed by atoms with Crippen LogP contribution in [0.1, 0.15) is 48.1 Å². The predicted octanol–water partition coefficient (Wildman–Crippen LogP) is 7.89. The van der Waals surface area contributed by atoms with Crippen LogP contribution in [-0.4, -0.2) is 5.60 Å². The number of halogens is 1. The monoisotopic (exact) mass is 516 g/mol. The first-order valence-electron chi connectivity index (χ1n) is 12.5. The van der Waals surface area contributed by atoms with Crippen molar-refractivity contribution in [1.29, 1.82) is 0 Å². The summed E-state index contributed by atoms with van der Waals surface area (Å²) >= 11 is 0. The highest BCUT2D eigenvalue weighted by Crippen LogP contribution is 2.38. The maximum Gasteiger partial charge on any atom is 0.126 e. The Balaban J connectivity index is 0.000000203. The zero-order valence-electron chi connectivity index (χ0n) is 22.3. The first-order chi connectivity index (χ1) is 16.8. The fraction of sp³-hybridized carbons (Fsp3) is 0.273. The highest BCUT2D eigenvalue weighted by atomic mass is 35.5. The lowest BCUT2D eigenvalue weighted by molar-refractivity contribution is 0.0834. The van der Waals surface area contributed by atoms with E-state index in [2.05, 4.69) is 133 Å². The van der Waals surface area contributed by atoms with E-state index in [1.54, 1.807) is 0 Å². The zero-order chi connectivity index (χ0) is 25.0. The topological polar surface area (TPSA) is 9.23 Å². The molecule has 0 atom stereocenters. The molecule has 0 amide bonds. The minimum absolute atomic E-state index is 0. The molecular formula is C33H38ClOP. The van der Waals surface area contributed by atoms with Gasteiger partial charge in [0.25, 0.3) is 0 Å². The maximum atomic E-state index is 6.11. The third kappa shape index (κ3) is 6.39. The summed E-state index contributed by atoms with van der Waals surface area (Å²) in [5, 5.41) is 4.26. The van der Waals surface area contributed by atoms with Gasteiger partial charge in [-0.2, -0.15) is 0 Å². The van der Waals surface area contributed by atoms with Crippen molar-refractivity contribution < 1.29 is 4.74 Å². The Kier molecular flexibility index (Phi) is 9.40.